The number of ether oxygens (including phenoxy) is 1. The summed E-state index contributed by atoms with van der Waals surface area (Å²) in [4.78, 5) is 25.7. The van der Waals surface area contributed by atoms with Crippen molar-refractivity contribution < 1.29 is 14.3 Å². The second kappa shape index (κ2) is 11.1. The number of rotatable bonds is 10. The molecular weight excluding hydrogens is 340 g/mol. The average Bonchev–Trinajstić information content (AvgIpc) is 2.68. The number of carbonyl (C=O) groups excluding carboxylic acids is 2. The van der Waals surface area contributed by atoms with Crippen LogP contribution in [0.15, 0.2) is 60.7 Å². The van der Waals surface area contributed by atoms with E-state index in [4.69, 9.17) is 4.74 Å². The molecule has 27 heavy (non-hydrogen) atoms. The number of hydrogen-bond donors (Lipinski definition) is 1. The first-order chi connectivity index (χ1) is 13.1. The Morgan fingerprint density at radius 3 is 2.19 bits per heavy atom. The van der Waals surface area contributed by atoms with Crippen LogP contribution in [0.3, 0.4) is 0 Å². The lowest BCUT2D eigenvalue weighted by atomic mass is 10.1. The van der Waals surface area contributed by atoms with Crippen molar-refractivity contribution in [2.24, 2.45) is 0 Å². The number of amides is 2. The van der Waals surface area contributed by atoms with E-state index in [1.807, 2.05) is 74.5 Å². The molecule has 0 heterocycles. The quantitative estimate of drug-likeness (QED) is 0.516. The maximum atomic E-state index is 12.6. The highest BCUT2D eigenvalue weighted by Crippen LogP contribution is 2.05. The minimum atomic E-state index is -0.550. The molecule has 0 aliphatic rings. The van der Waals surface area contributed by atoms with Crippen molar-refractivity contribution in [3.05, 3.63) is 71.8 Å². The van der Waals surface area contributed by atoms with Crippen LogP contribution in [-0.2, 0) is 22.6 Å². The summed E-state index contributed by atoms with van der Waals surface area (Å²) in [6.45, 7) is 5.31. The molecule has 1 atom stereocenters. The number of benzene rings is 2. The number of hydrogen-bond acceptors (Lipinski definition) is 3. The van der Waals surface area contributed by atoms with Crippen LogP contribution in [0.4, 0.5) is 4.79 Å². The summed E-state index contributed by atoms with van der Waals surface area (Å²) >= 11 is 0. The predicted molar refractivity (Wildman–Crippen MR) is 106 cm³/mol. The lowest BCUT2D eigenvalue weighted by Gasteiger charge is -2.28. The predicted octanol–water partition coefficient (Wildman–Crippen LogP) is 3.43. The lowest BCUT2D eigenvalue weighted by Crippen LogP contribution is -2.49. The first-order valence-electron chi connectivity index (χ1n) is 9.28. The van der Waals surface area contributed by atoms with Gasteiger partial charge in [-0.1, -0.05) is 60.7 Å². The van der Waals surface area contributed by atoms with Crippen LogP contribution in [0.5, 0.6) is 0 Å². The monoisotopic (exact) mass is 368 g/mol. The van der Waals surface area contributed by atoms with Crippen LogP contribution in [-0.4, -0.2) is 42.5 Å². The van der Waals surface area contributed by atoms with Crippen molar-refractivity contribution in [2.45, 2.75) is 39.0 Å². The molecule has 0 aromatic heterocycles. The highest BCUT2D eigenvalue weighted by Gasteiger charge is 2.20. The number of urea groups is 1. The second-order valence-electron chi connectivity index (χ2n) is 6.71. The zero-order valence-corrected chi connectivity index (χ0v) is 16.0. The molecule has 0 saturated carbocycles. The third-order valence-electron chi connectivity index (χ3n) is 4.24. The topological polar surface area (TPSA) is 58.6 Å². The number of nitrogens with zero attached hydrogens (tertiary/aromatic N) is 1. The van der Waals surface area contributed by atoms with Gasteiger partial charge in [-0.25, -0.2) is 4.79 Å². The van der Waals surface area contributed by atoms with E-state index in [1.54, 1.807) is 4.90 Å². The van der Waals surface area contributed by atoms with Gasteiger partial charge < -0.3 is 19.7 Å². The third-order valence-corrected chi connectivity index (χ3v) is 4.24. The van der Waals surface area contributed by atoms with Gasteiger partial charge in [0.1, 0.15) is 6.29 Å². The Balaban J connectivity index is 1.82. The van der Waals surface area contributed by atoms with E-state index < -0.39 is 6.04 Å². The Hall–Kier alpha value is -2.66. The van der Waals surface area contributed by atoms with Gasteiger partial charge in [0, 0.05) is 12.6 Å². The average molecular weight is 368 g/mol. The molecule has 2 rings (SSSR count). The van der Waals surface area contributed by atoms with E-state index >= 15 is 0 Å². The van der Waals surface area contributed by atoms with Gasteiger partial charge in [0.2, 0.25) is 0 Å². The molecular formula is C22H28N2O3. The van der Waals surface area contributed by atoms with Gasteiger partial charge in [0.05, 0.1) is 19.3 Å². The fourth-order valence-corrected chi connectivity index (χ4v) is 2.76. The molecule has 2 aromatic carbocycles. The Labute approximate surface area is 161 Å². The van der Waals surface area contributed by atoms with Crippen LogP contribution < -0.4 is 5.32 Å². The number of carbonyl (C=O) groups is 2. The summed E-state index contributed by atoms with van der Waals surface area (Å²) in [6, 6.07) is 18.8. The van der Waals surface area contributed by atoms with Crippen molar-refractivity contribution >= 4 is 12.3 Å². The van der Waals surface area contributed by atoms with Gasteiger partial charge >= 0.3 is 6.03 Å². The molecule has 5 nitrogen and oxygen atoms in total. The van der Waals surface area contributed by atoms with E-state index in [9.17, 15) is 9.59 Å². The molecule has 0 aliphatic carbocycles. The van der Waals surface area contributed by atoms with Crippen LogP contribution in [0.25, 0.3) is 0 Å². The van der Waals surface area contributed by atoms with Crippen LogP contribution >= 0.6 is 0 Å². The molecule has 2 amide bonds. The van der Waals surface area contributed by atoms with E-state index in [0.29, 0.717) is 26.2 Å². The normalized spacial score (nSPS) is 11.8. The largest absolute Gasteiger partial charge is 0.375 e. The summed E-state index contributed by atoms with van der Waals surface area (Å²) < 4.78 is 5.69. The summed E-state index contributed by atoms with van der Waals surface area (Å²) in [5.74, 6) is 0. The van der Waals surface area contributed by atoms with Crippen LogP contribution in [0, 0.1) is 0 Å². The summed E-state index contributed by atoms with van der Waals surface area (Å²) in [5, 5.41) is 2.82. The molecule has 0 radical (unpaired) electrons. The fraction of sp³-hybridized carbons (Fsp3) is 0.364. The Bertz CT molecular complexity index is 689. The summed E-state index contributed by atoms with van der Waals surface area (Å²) in [7, 11) is 0. The van der Waals surface area contributed by atoms with E-state index in [0.717, 1.165) is 17.4 Å². The standard InChI is InChI=1S/C22H28N2O3/c1-18(2)24(13-14-27-17-20-11-7-4-8-12-20)22(26)23-21(16-25)15-19-9-5-3-6-10-19/h3-12,16,18,21H,13-15,17H2,1-2H3,(H,23,26)/t21-/m0/s1. The molecule has 5 heteroatoms. The van der Waals surface area contributed by atoms with E-state index in [1.165, 1.54) is 0 Å². The third kappa shape index (κ3) is 7.23. The van der Waals surface area contributed by atoms with Crippen molar-refractivity contribution in [3.63, 3.8) is 0 Å². The van der Waals surface area contributed by atoms with Crippen molar-refractivity contribution in [1.29, 1.82) is 0 Å². The minimum absolute atomic E-state index is 0.00866. The Kier molecular flexibility index (Phi) is 8.52. The van der Waals surface area contributed by atoms with E-state index in [-0.39, 0.29) is 12.1 Å². The van der Waals surface area contributed by atoms with Crippen LogP contribution in [0.1, 0.15) is 25.0 Å². The molecule has 144 valence electrons. The van der Waals surface area contributed by atoms with Crippen molar-refractivity contribution in [2.75, 3.05) is 13.2 Å². The van der Waals surface area contributed by atoms with Gasteiger partial charge in [-0.15, -0.1) is 0 Å². The second-order valence-corrected chi connectivity index (χ2v) is 6.71. The van der Waals surface area contributed by atoms with Gasteiger partial charge in [-0.05, 0) is 31.4 Å². The highest BCUT2D eigenvalue weighted by molar-refractivity contribution is 5.78. The molecule has 0 aliphatic heterocycles. The highest BCUT2D eigenvalue weighted by atomic mass is 16.5. The zero-order valence-electron chi connectivity index (χ0n) is 16.0. The molecule has 0 saturated heterocycles. The van der Waals surface area contributed by atoms with Crippen molar-refractivity contribution in [1.82, 2.24) is 10.2 Å². The Morgan fingerprint density at radius 2 is 1.63 bits per heavy atom. The van der Waals surface area contributed by atoms with Gasteiger partial charge in [-0.3, -0.25) is 0 Å². The molecule has 0 fully saturated rings. The summed E-state index contributed by atoms with van der Waals surface area (Å²) in [5.41, 5.74) is 2.11. The fourth-order valence-electron chi connectivity index (χ4n) is 2.76. The molecule has 1 N–H and O–H groups in total. The number of aldehydes is 1. The van der Waals surface area contributed by atoms with Gasteiger partial charge in [0.25, 0.3) is 0 Å². The summed E-state index contributed by atoms with van der Waals surface area (Å²) in [6.07, 6.45) is 1.27. The maximum absolute atomic E-state index is 12.6. The SMILES string of the molecule is CC(C)N(CCOCc1ccccc1)C(=O)N[C@H](C=O)Cc1ccccc1. The smallest absolute Gasteiger partial charge is 0.318 e. The molecule has 0 bridgehead atoms. The first-order valence-corrected chi connectivity index (χ1v) is 9.28. The molecule has 0 unspecified atom stereocenters. The molecule has 2 aromatic rings. The minimum Gasteiger partial charge on any atom is -0.375 e. The number of nitrogens with one attached hydrogen (secondary N) is 1. The van der Waals surface area contributed by atoms with E-state index in [2.05, 4.69) is 5.32 Å². The van der Waals surface area contributed by atoms with Crippen molar-refractivity contribution in [3.8, 4) is 0 Å². The lowest BCUT2D eigenvalue weighted by molar-refractivity contribution is -0.109. The zero-order chi connectivity index (χ0) is 19.5. The first kappa shape index (κ1) is 20.6. The maximum Gasteiger partial charge on any atom is 0.318 e. The van der Waals surface area contributed by atoms with Gasteiger partial charge in [-0.2, -0.15) is 0 Å². The molecule has 0 spiro atoms. The van der Waals surface area contributed by atoms with Crippen LogP contribution in [0.2, 0.25) is 0 Å². The van der Waals surface area contributed by atoms with Gasteiger partial charge in [0.15, 0.2) is 0 Å². The Morgan fingerprint density at radius 1 is 1.04 bits per heavy atom.